The first kappa shape index (κ1) is 20.1. The van der Waals surface area contributed by atoms with Crippen molar-refractivity contribution in [3.63, 3.8) is 0 Å². The van der Waals surface area contributed by atoms with Gasteiger partial charge in [0.05, 0.1) is 11.0 Å². The summed E-state index contributed by atoms with van der Waals surface area (Å²) in [5, 5.41) is 0. The molecule has 0 fully saturated rings. The van der Waals surface area contributed by atoms with Crippen LogP contribution in [0.2, 0.25) is 0 Å². The second-order valence-electron chi connectivity index (χ2n) is 6.13. The largest absolute Gasteiger partial charge is 0.379 e. The minimum absolute atomic E-state index is 0.177. The molecule has 0 unspecified atom stereocenters. The quantitative estimate of drug-likeness (QED) is 0.587. The van der Waals surface area contributed by atoms with Crippen molar-refractivity contribution in [2.24, 2.45) is 0 Å². The molecule has 1 rings (SSSR count). The van der Waals surface area contributed by atoms with Gasteiger partial charge in [0.15, 0.2) is 0 Å². The molecule has 0 atom stereocenters. The van der Waals surface area contributed by atoms with Crippen molar-refractivity contribution in [2.75, 3.05) is 13.2 Å². The lowest BCUT2D eigenvalue weighted by Crippen LogP contribution is -2.25. The van der Waals surface area contributed by atoms with Gasteiger partial charge in [0.25, 0.3) is 0 Å². The van der Waals surface area contributed by atoms with Gasteiger partial charge in [-0.05, 0) is 50.8 Å². The molecule has 0 aliphatic rings. The van der Waals surface area contributed by atoms with Gasteiger partial charge in [0.1, 0.15) is 0 Å². The Labute approximate surface area is 141 Å². The Kier molecular flexibility index (Phi) is 9.44. The van der Waals surface area contributed by atoms with Gasteiger partial charge in [0.2, 0.25) is 10.0 Å². The van der Waals surface area contributed by atoms with E-state index in [-0.39, 0.29) is 6.10 Å². The number of hydrogen-bond donors (Lipinski definition) is 1. The van der Waals surface area contributed by atoms with E-state index in [4.69, 9.17) is 4.74 Å². The van der Waals surface area contributed by atoms with Crippen molar-refractivity contribution in [1.82, 2.24) is 4.72 Å². The zero-order chi connectivity index (χ0) is 17.1. The van der Waals surface area contributed by atoms with E-state index in [1.807, 2.05) is 26.0 Å². The van der Waals surface area contributed by atoms with Crippen molar-refractivity contribution in [3.05, 3.63) is 29.8 Å². The Balaban J connectivity index is 2.41. The monoisotopic (exact) mass is 341 g/mol. The van der Waals surface area contributed by atoms with E-state index in [0.29, 0.717) is 24.5 Å². The summed E-state index contributed by atoms with van der Waals surface area (Å²) in [6, 6.07) is 7.23. The average molecular weight is 342 g/mol. The normalized spacial score (nSPS) is 12.0. The van der Waals surface area contributed by atoms with E-state index in [0.717, 1.165) is 12.8 Å². The summed E-state index contributed by atoms with van der Waals surface area (Å²) in [7, 11) is -3.41. The summed E-state index contributed by atoms with van der Waals surface area (Å²) < 4.78 is 32.4. The van der Waals surface area contributed by atoms with Gasteiger partial charge in [-0.25, -0.2) is 13.1 Å². The van der Waals surface area contributed by atoms with Crippen LogP contribution < -0.4 is 4.72 Å². The van der Waals surface area contributed by atoms with Crippen LogP contribution in [-0.4, -0.2) is 27.7 Å². The number of rotatable bonds is 12. The SMILES string of the molecule is CCCCCCc1ccc(S(=O)(=O)NCCCOC(C)C)cc1. The van der Waals surface area contributed by atoms with E-state index in [1.54, 1.807) is 12.1 Å². The Morgan fingerprint density at radius 1 is 1.04 bits per heavy atom. The van der Waals surface area contributed by atoms with E-state index in [9.17, 15) is 8.42 Å². The third-order valence-electron chi connectivity index (χ3n) is 3.62. The molecule has 0 heterocycles. The molecular formula is C18H31NO3S. The van der Waals surface area contributed by atoms with Crippen LogP contribution in [0.25, 0.3) is 0 Å². The third-order valence-corrected chi connectivity index (χ3v) is 5.09. The zero-order valence-corrected chi connectivity index (χ0v) is 15.5. The third kappa shape index (κ3) is 8.49. The number of aryl methyl sites for hydroxylation is 1. The number of benzene rings is 1. The molecule has 0 aliphatic heterocycles. The van der Waals surface area contributed by atoms with Crippen LogP contribution in [-0.2, 0) is 21.2 Å². The first-order valence-corrected chi connectivity index (χ1v) is 10.1. The van der Waals surface area contributed by atoms with Crippen molar-refractivity contribution in [1.29, 1.82) is 0 Å². The average Bonchev–Trinajstić information content (AvgIpc) is 2.51. The summed E-state index contributed by atoms with van der Waals surface area (Å²) in [5.74, 6) is 0. The van der Waals surface area contributed by atoms with Crippen LogP contribution in [0.5, 0.6) is 0 Å². The van der Waals surface area contributed by atoms with Crippen LogP contribution >= 0.6 is 0 Å². The van der Waals surface area contributed by atoms with Gasteiger partial charge in [-0.3, -0.25) is 0 Å². The van der Waals surface area contributed by atoms with E-state index in [1.165, 1.54) is 24.8 Å². The maximum Gasteiger partial charge on any atom is 0.240 e. The van der Waals surface area contributed by atoms with E-state index in [2.05, 4.69) is 11.6 Å². The highest BCUT2D eigenvalue weighted by Gasteiger charge is 2.12. The van der Waals surface area contributed by atoms with Gasteiger partial charge in [-0.1, -0.05) is 38.3 Å². The molecule has 1 aromatic rings. The van der Waals surface area contributed by atoms with Crippen LogP contribution in [0, 0.1) is 0 Å². The van der Waals surface area contributed by atoms with Crippen LogP contribution in [0.15, 0.2) is 29.2 Å². The van der Waals surface area contributed by atoms with E-state index < -0.39 is 10.0 Å². The highest BCUT2D eigenvalue weighted by molar-refractivity contribution is 7.89. The molecule has 5 heteroatoms. The maximum atomic E-state index is 12.2. The van der Waals surface area contributed by atoms with Gasteiger partial charge in [-0.15, -0.1) is 0 Å². The molecule has 0 bridgehead atoms. The smallest absolute Gasteiger partial charge is 0.240 e. The first-order valence-electron chi connectivity index (χ1n) is 8.66. The molecule has 132 valence electrons. The molecule has 0 aliphatic carbocycles. The molecule has 1 aromatic carbocycles. The predicted molar refractivity (Wildman–Crippen MR) is 95.2 cm³/mol. The van der Waals surface area contributed by atoms with Crippen molar-refractivity contribution in [3.8, 4) is 0 Å². The Morgan fingerprint density at radius 3 is 2.35 bits per heavy atom. The predicted octanol–water partition coefficient (Wildman–Crippen LogP) is 3.90. The standard InChI is InChI=1S/C18H31NO3S/c1-4-5-6-7-9-17-10-12-18(13-11-17)23(20,21)19-14-8-15-22-16(2)3/h10-13,16,19H,4-9,14-15H2,1-3H3. The van der Waals surface area contributed by atoms with Crippen LogP contribution in [0.1, 0.15) is 58.4 Å². The highest BCUT2D eigenvalue weighted by atomic mass is 32.2. The highest BCUT2D eigenvalue weighted by Crippen LogP contribution is 2.13. The fraction of sp³-hybridized carbons (Fsp3) is 0.667. The number of unbranched alkanes of at least 4 members (excludes halogenated alkanes) is 3. The molecule has 1 N–H and O–H groups in total. The molecule has 0 spiro atoms. The van der Waals surface area contributed by atoms with Crippen LogP contribution in [0.4, 0.5) is 0 Å². The minimum Gasteiger partial charge on any atom is -0.379 e. The zero-order valence-electron chi connectivity index (χ0n) is 14.7. The van der Waals surface area contributed by atoms with Crippen LogP contribution in [0.3, 0.4) is 0 Å². The van der Waals surface area contributed by atoms with E-state index >= 15 is 0 Å². The molecule has 0 saturated heterocycles. The second-order valence-corrected chi connectivity index (χ2v) is 7.89. The Morgan fingerprint density at radius 2 is 1.74 bits per heavy atom. The Hall–Kier alpha value is -0.910. The molecule has 0 amide bonds. The summed E-state index contributed by atoms with van der Waals surface area (Å²) in [4.78, 5) is 0.333. The summed E-state index contributed by atoms with van der Waals surface area (Å²) >= 11 is 0. The van der Waals surface area contributed by atoms with Crippen molar-refractivity contribution < 1.29 is 13.2 Å². The molecule has 0 radical (unpaired) electrons. The number of ether oxygens (including phenoxy) is 1. The Bertz CT molecular complexity index is 524. The summed E-state index contributed by atoms with van der Waals surface area (Å²) in [5.41, 5.74) is 1.20. The first-order chi connectivity index (χ1) is 11.0. The number of hydrogen-bond acceptors (Lipinski definition) is 3. The van der Waals surface area contributed by atoms with Gasteiger partial charge in [-0.2, -0.15) is 0 Å². The molecular weight excluding hydrogens is 310 g/mol. The molecule has 0 saturated carbocycles. The lowest BCUT2D eigenvalue weighted by molar-refractivity contribution is 0.0778. The van der Waals surface area contributed by atoms with Crippen molar-refractivity contribution in [2.45, 2.75) is 70.3 Å². The fourth-order valence-corrected chi connectivity index (χ4v) is 3.35. The maximum absolute atomic E-state index is 12.2. The summed E-state index contributed by atoms with van der Waals surface area (Å²) in [6.45, 7) is 7.09. The summed E-state index contributed by atoms with van der Waals surface area (Å²) in [6.07, 6.45) is 6.75. The minimum atomic E-state index is -3.41. The number of sulfonamides is 1. The van der Waals surface area contributed by atoms with Gasteiger partial charge >= 0.3 is 0 Å². The second kappa shape index (κ2) is 10.8. The van der Waals surface area contributed by atoms with Gasteiger partial charge in [0, 0.05) is 13.2 Å². The molecule has 4 nitrogen and oxygen atoms in total. The van der Waals surface area contributed by atoms with Gasteiger partial charge < -0.3 is 4.74 Å². The van der Waals surface area contributed by atoms with Crippen molar-refractivity contribution >= 4 is 10.0 Å². The molecule has 23 heavy (non-hydrogen) atoms. The molecule has 0 aromatic heterocycles. The topological polar surface area (TPSA) is 55.4 Å². The number of nitrogens with one attached hydrogen (secondary N) is 1. The lowest BCUT2D eigenvalue weighted by atomic mass is 10.1. The lowest BCUT2D eigenvalue weighted by Gasteiger charge is -2.09. The fourth-order valence-electron chi connectivity index (χ4n) is 2.27.